The number of halogens is 3. The summed E-state index contributed by atoms with van der Waals surface area (Å²) < 4.78 is 0. The van der Waals surface area contributed by atoms with E-state index in [0.717, 1.165) is 10.5 Å². The van der Waals surface area contributed by atoms with Gasteiger partial charge in [0.1, 0.15) is 11.1 Å². The zero-order chi connectivity index (χ0) is 18.5. The Morgan fingerprint density at radius 3 is 2.19 bits per heavy atom. The SMILES string of the molecule is Cc1ccc(SC(C(=O)Nc2ccc(Cl)cn2)c2ccc(Cl)cc2)cc1.Cl. The average Bonchev–Trinajstić information content (AvgIpc) is 2.64. The molecule has 0 aliphatic heterocycles. The Bertz CT molecular complexity index is 885. The molecule has 3 nitrogen and oxygen atoms in total. The highest BCUT2D eigenvalue weighted by atomic mass is 35.5. The van der Waals surface area contributed by atoms with Gasteiger partial charge in [-0.2, -0.15) is 0 Å². The summed E-state index contributed by atoms with van der Waals surface area (Å²) in [6, 6.07) is 18.7. The fourth-order valence-electron chi connectivity index (χ4n) is 2.30. The first-order valence-electron chi connectivity index (χ1n) is 7.92. The van der Waals surface area contributed by atoms with Gasteiger partial charge in [0, 0.05) is 16.1 Å². The summed E-state index contributed by atoms with van der Waals surface area (Å²) in [5.41, 5.74) is 2.04. The molecule has 0 aliphatic rings. The van der Waals surface area contributed by atoms with Gasteiger partial charge in [0.25, 0.3) is 0 Å². The van der Waals surface area contributed by atoms with E-state index in [-0.39, 0.29) is 18.3 Å². The second-order valence-electron chi connectivity index (χ2n) is 5.71. The first-order chi connectivity index (χ1) is 12.5. The number of pyridine rings is 1. The van der Waals surface area contributed by atoms with Crippen molar-refractivity contribution in [1.82, 2.24) is 4.98 Å². The number of anilines is 1. The molecule has 27 heavy (non-hydrogen) atoms. The van der Waals surface area contributed by atoms with Crippen LogP contribution in [-0.2, 0) is 4.79 Å². The molecule has 1 unspecified atom stereocenters. The van der Waals surface area contributed by atoms with Crippen molar-refractivity contribution in [3.63, 3.8) is 0 Å². The fourth-order valence-corrected chi connectivity index (χ4v) is 3.57. The van der Waals surface area contributed by atoms with E-state index in [0.29, 0.717) is 15.9 Å². The van der Waals surface area contributed by atoms with E-state index < -0.39 is 5.25 Å². The molecule has 1 amide bonds. The van der Waals surface area contributed by atoms with Crippen LogP contribution in [0.15, 0.2) is 71.8 Å². The number of amides is 1. The lowest BCUT2D eigenvalue weighted by molar-refractivity contribution is -0.115. The topological polar surface area (TPSA) is 42.0 Å². The molecule has 2 aromatic carbocycles. The van der Waals surface area contributed by atoms with Crippen LogP contribution in [0.2, 0.25) is 10.0 Å². The van der Waals surface area contributed by atoms with Gasteiger partial charge in [-0.1, -0.05) is 53.0 Å². The molecule has 0 saturated carbocycles. The Kier molecular flexibility index (Phi) is 7.99. The molecule has 1 heterocycles. The lowest BCUT2D eigenvalue weighted by Gasteiger charge is -2.17. The lowest BCUT2D eigenvalue weighted by atomic mass is 10.1. The number of carbonyl (C=O) groups is 1. The number of nitrogens with zero attached hydrogens (tertiary/aromatic N) is 1. The molecule has 0 fully saturated rings. The van der Waals surface area contributed by atoms with E-state index in [1.54, 1.807) is 24.3 Å². The third kappa shape index (κ3) is 6.15. The maximum absolute atomic E-state index is 12.9. The summed E-state index contributed by atoms with van der Waals surface area (Å²) in [6.45, 7) is 2.03. The van der Waals surface area contributed by atoms with Gasteiger partial charge < -0.3 is 5.32 Å². The van der Waals surface area contributed by atoms with Crippen molar-refractivity contribution in [2.75, 3.05) is 5.32 Å². The standard InChI is InChI=1S/C20H16Cl2N2OS.ClH/c1-13-2-9-17(10-3-13)26-19(14-4-6-15(21)7-5-14)20(25)24-18-11-8-16(22)12-23-18;/h2-12,19H,1H3,(H,23,24,25);1H. The molecule has 140 valence electrons. The van der Waals surface area contributed by atoms with E-state index in [1.807, 2.05) is 43.3 Å². The van der Waals surface area contributed by atoms with E-state index in [1.165, 1.54) is 23.5 Å². The van der Waals surface area contributed by atoms with Gasteiger partial charge in [-0.3, -0.25) is 4.79 Å². The van der Waals surface area contributed by atoms with E-state index in [4.69, 9.17) is 23.2 Å². The van der Waals surface area contributed by atoms with Crippen molar-refractivity contribution >= 4 is 59.1 Å². The van der Waals surface area contributed by atoms with Crippen LogP contribution in [0.5, 0.6) is 0 Å². The molecule has 1 aromatic heterocycles. The second-order valence-corrected chi connectivity index (χ2v) is 7.76. The van der Waals surface area contributed by atoms with Crippen molar-refractivity contribution in [3.8, 4) is 0 Å². The van der Waals surface area contributed by atoms with Crippen molar-refractivity contribution in [2.24, 2.45) is 0 Å². The van der Waals surface area contributed by atoms with Gasteiger partial charge in [-0.05, 0) is 48.9 Å². The van der Waals surface area contributed by atoms with Crippen molar-refractivity contribution in [2.45, 2.75) is 17.1 Å². The fraction of sp³-hybridized carbons (Fsp3) is 0.100. The molecule has 3 rings (SSSR count). The van der Waals surface area contributed by atoms with Gasteiger partial charge >= 0.3 is 0 Å². The Morgan fingerprint density at radius 1 is 0.963 bits per heavy atom. The van der Waals surface area contributed by atoms with Crippen LogP contribution < -0.4 is 5.32 Å². The predicted molar refractivity (Wildman–Crippen MR) is 116 cm³/mol. The molecule has 0 bridgehead atoms. The van der Waals surface area contributed by atoms with Crippen LogP contribution in [0.25, 0.3) is 0 Å². The first-order valence-corrected chi connectivity index (χ1v) is 9.56. The molecule has 0 saturated heterocycles. The van der Waals surface area contributed by atoms with Gasteiger partial charge in [-0.25, -0.2) is 4.98 Å². The molecule has 7 heteroatoms. The summed E-state index contributed by atoms with van der Waals surface area (Å²) in [7, 11) is 0. The largest absolute Gasteiger partial charge is 0.309 e. The number of hydrogen-bond acceptors (Lipinski definition) is 3. The van der Waals surface area contributed by atoms with Gasteiger partial charge in [0.05, 0.1) is 5.02 Å². The highest BCUT2D eigenvalue weighted by molar-refractivity contribution is 8.00. The number of thioether (sulfide) groups is 1. The highest BCUT2D eigenvalue weighted by Gasteiger charge is 2.22. The minimum absolute atomic E-state index is 0. The summed E-state index contributed by atoms with van der Waals surface area (Å²) in [6.07, 6.45) is 1.50. The Labute approximate surface area is 178 Å². The van der Waals surface area contributed by atoms with Crippen LogP contribution in [0.3, 0.4) is 0 Å². The lowest BCUT2D eigenvalue weighted by Crippen LogP contribution is -2.19. The summed E-state index contributed by atoms with van der Waals surface area (Å²) >= 11 is 13.3. The van der Waals surface area contributed by atoms with E-state index >= 15 is 0 Å². The first kappa shape index (κ1) is 21.6. The average molecular weight is 440 g/mol. The number of aryl methyl sites for hydroxylation is 1. The summed E-state index contributed by atoms with van der Waals surface area (Å²) in [4.78, 5) is 18.1. The molecular formula is C20H17Cl3N2OS. The van der Waals surface area contributed by atoms with Crippen molar-refractivity contribution < 1.29 is 4.79 Å². The molecule has 1 atom stereocenters. The molecule has 0 radical (unpaired) electrons. The molecule has 0 spiro atoms. The molecular weight excluding hydrogens is 423 g/mol. The summed E-state index contributed by atoms with van der Waals surface area (Å²) in [5, 5.41) is 3.57. The quantitative estimate of drug-likeness (QED) is 0.456. The zero-order valence-electron chi connectivity index (χ0n) is 14.4. The maximum Gasteiger partial charge on any atom is 0.243 e. The van der Waals surface area contributed by atoms with E-state index in [9.17, 15) is 4.79 Å². The van der Waals surface area contributed by atoms with Crippen LogP contribution in [0, 0.1) is 6.92 Å². The predicted octanol–water partition coefficient (Wildman–Crippen LogP) is 6.59. The van der Waals surface area contributed by atoms with Crippen LogP contribution >= 0.6 is 47.4 Å². The number of nitrogens with one attached hydrogen (secondary N) is 1. The van der Waals surface area contributed by atoms with E-state index in [2.05, 4.69) is 10.3 Å². The van der Waals surface area contributed by atoms with Crippen LogP contribution in [0.1, 0.15) is 16.4 Å². The number of hydrogen-bond donors (Lipinski definition) is 1. The molecule has 1 N–H and O–H groups in total. The second kappa shape index (κ2) is 10.00. The molecule has 3 aromatic rings. The highest BCUT2D eigenvalue weighted by Crippen LogP contribution is 2.36. The number of benzene rings is 2. The Morgan fingerprint density at radius 2 is 1.59 bits per heavy atom. The van der Waals surface area contributed by atoms with Gasteiger partial charge in [0.2, 0.25) is 5.91 Å². The zero-order valence-corrected chi connectivity index (χ0v) is 17.5. The smallest absolute Gasteiger partial charge is 0.243 e. The minimum atomic E-state index is -0.438. The normalized spacial score (nSPS) is 11.4. The van der Waals surface area contributed by atoms with Gasteiger partial charge in [-0.15, -0.1) is 24.2 Å². The maximum atomic E-state index is 12.9. The Balaban J connectivity index is 0.00000261. The minimum Gasteiger partial charge on any atom is -0.309 e. The monoisotopic (exact) mass is 438 g/mol. The molecule has 0 aliphatic carbocycles. The van der Waals surface area contributed by atoms with Gasteiger partial charge in [0.15, 0.2) is 0 Å². The summed E-state index contributed by atoms with van der Waals surface area (Å²) in [5.74, 6) is 0.301. The Hall–Kier alpha value is -1.72. The number of aromatic nitrogens is 1. The number of carbonyl (C=O) groups excluding carboxylic acids is 1. The third-order valence-electron chi connectivity index (χ3n) is 3.66. The van der Waals surface area contributed by atoms with Crippen molar-refractivity contribution in [3.05, 3.63) is 88.0 Å². The third-order valence-corrected chi connectivity index (χ3v) is 5.41. The van der Waals surface area contributed by atoms with Crippen LogP contribution in [-0.4, -0.2) is 10.9 Å². The number of rotatable bonds is 5. The van der Waals surface area contributed by atoms with Crippen LogP contribution in [0.4, 0.5) is 5.82 Å². The van der Waals surface area contributed by atoms with Crippen molar-refractivity contribution in [1.29, 1.82) is 0 Å².